The molecule has 0 aliphatic heterocycles. The molecule has 0 radical (unpaired) electrons. The predicted molar refractivity (Wildman–Crippen MR) is 91.1 cm³/mol. The standard InChI is InChI=1S/C17H29N3O2/c1-17(2,13-21)10-5-11-18-16(22)19-12-14-6-8-15(9-7-14)20(3)4/h6-9,21H,5,10-13H2,1-4H3,(H2,18,19,22). The van der Waals surface area contributed by atoms with Gasteiger partial charge in [0.1, 0.15) is 0 Å². The van der Waals surface area contributed by atoms with Crippen LogP contribution in [0.5, 0.6) is 0 Å². The maximum Gasteiger partial charge on any atom is 0.315 e. The van der Waals surface area contributed by atoms with E-state index >= 15 is 0 Å². The Hall–Kier alpha value is -1.75. The van der Waals surface area contributed by atoms with Crippen LogP contribution in [0, 0.1) is 5.41 Å². The number of benzene rings is 1. The molecule has 0 heterocycles. The average molecular weight is 307 g/mol. The molecule has 0 bridgehead atoms. The van der Waals surface area contributed by atoms with Crippen molar-refractivity contribution in [1.82, 2.24) is 10.6 Å². The fraction of sp³-hybridized carbons (Fsp3) is 0.588. The lowest BCUT2D eigenvalue weighted by Gasteiger charge is -2.21. The van der Waals surface area contributed by atoms with Crippen molar-refractivity contribution in [3.63, 3.8) is 0 Å². The first-order chi connectivity index (χ1) is 10.3. The topological polar surface area (TPSA) is 64.6 Å². The molecule has 1 rings (SSSR count). The molecule has 0 aromatic heterocycles. The van der Waals surface area contributed by atoms with Crippen molar-refractivity contribution in [3.05, 3.63) is 29.8 Å². The molecule has 0 atom stereocenters. The van der Waals surface area contributed by atoms with Crippen LogP contribution in [-0.4, -0.2) is 38.4 Å². The van der Waals surface area contributed by atoms with Gasteiger partial charge in [-0.05, 0) is 36.0 Å². The van der Waals surface area contributed by atoms with Crippen LogP contribution in [0.2, 0.25) is 0 Å². The third-order valence-electron chi connectivity index (χ3n) is 3.65. The SMILES string of the molecule is CN(C)c1ccc(CNC(=O)NCCCC(C)(C)CO)cc1. The Morgan fingerprint density at radius 3 is 2.36 bits per heavy atom. The van der Waals surface area contributed by atoms with Crippen LogP contribution in [-0.2, 0) is 6.54 Å². The van der Waals surface area contributed by atoms with Gasteiger partial charge in [0.15, 0.2) is 0 Å². The lowest BCUT2D eigenvalue weighted by Crippen LogP contribution is -2.36. The summed E-state index contributed by atoms with van der Waals surface area (Å²) in [6.07, 6.45) is 1.74. The molecule has 3 N–H and O–H groups in total. The molecule has 22 heavy (non-hydrogen) atoms. The summed E-state index contributed by atoms with van der Waals surface area (Å²) in [7, 11) is 4.00. The molecular formula is C17H29N3O2. The first kappa shape index (κ1) is 18.3. The highest BCUT2D eigenvalue weighted by molar-refractivity contribution is 5.73. The van der Waals surface area contributed by atoms with Crippen molar-refractivity contribution in [2.45, 2.75) is 33.2 Å². The summed E-state index contributed by atoms with van der Waals surface area (Å²) in [6, 6.07) is 7.94. The predicted octanol–water partition coefficient (Wildman–Crippen LogP) is 2.35. The Bertz CT molecular complexity index is 455. The summed E-state index contributed by atoms with van der Waals surface area (Å²) in [4.78, 5) is 13.7. The Balaban J connectivity index is 2.23. The Morgan fingerprint density at radius 2 is 1.82 bits per heavy atom. The Kier molecular flexibility index (Phi) is 7.18. The number of aliphatic hydroxyl groups excluding tert-OH is 1. The number of nitrogens with zero attached hydrogens (tertiary/aromatic N) is 1. The van der Waals surface area contributed by atoms with E-state index in [1.807, 2.05) is 57.1 Å². The van der Waals surface area contributed by atoms with E-state index in [1.165, 1.54) is 0 Å². The van der Waals surface area contributed by atoms with Gasteiger partial charge in [-0.2, -0.15) is 0 Å². The molecule has 0 spiro atoms. The maximum atomic E-state index is 11.7. The fourth-order valence-electron chi connectivity index (χ4n) is 2.00. The monoisotopic (exact) mass is 307 g/mol. The average Bonchev–Trinajstić information content (AvgIpc) is 2.50. The molecule has 0 saturated carbocycles. The summed E-state index contributed by atoms with van der Waals surface area (Å²) in [6.45, 7) is 5.34. The summed E-state index contributed by atoms with van der Waals surface area (Å²) < 4.78 is 0. The van der Waals surface area contributed by atoms with Gasteiger partial charge in [0.05, 0.1) is 0 Å². The summed E-state index contributed by atoms with van der Waals surface area (Å²) in [5, 5.41) is 14.8. The Morgan fingerprint density at radius 1 is 1.18 bits per heavy atom. The summed E-state index contributed by atoms with van der Waals surface area (Å²) >= 11 is 0. The molecular weight excluding hydrogens is 278 g/mol. The van der Waals surface area contributed by atoms with Gasteiger partial charge in [-0.25, -0.2) is 4.79 Å². The number of hydrogen-bond acceptors (Lipinski definition) is 3. The molecule has 2 amide bonds. The molecule has 5 nitrogen and oxygen atoms in total. The zero-order chi connectivity index (χ0) is 16.6. The number of rotatable bonds is 8. The lowest BCUT2D eigenvalue weighted by atomic mass is 9.89. The molecule has 0 fully saturated rings. The van der Waals surface area contributed by atoms with Crippen molar-refractivity contribution >= 4 is 11.7 Å². The van der Waals surface area contributed by atoms with Crippen LogP contribution >= 0.6 is 0 Å². The number of amides is 2. The van der Waals surface area contributed by atoms with Crippen LogP contribution < -0.4 is 15.5 Å². The number of nitrogens with one attached hydrogen (secondary N) is 2. The smallest absolute Gasteiger partial charge is 0.315 e. The molecule has 124 valence electrons. The van der Waals surface area contributed by atoms with Gasteiger partial charge in [0.25, 0.3) is 0 Å². The maximum absolute atomic E-state index is 11.7. The number of hydrogen-bond donors (Lipinski definition) is 3. The van der Waals surface area contributed by atoms with E-state index in [4.69, 9.17) is 5.11 Å². The van der Waals surface area contributed by atoms with Gasteiger partial charge in [-0.15, -0.1) is 0 Å². The number of anilines is 1. The first-order valence-corrected chi connectivity index (χ1v) is 7.73. The second kappa shape index (κ2) is 8.63. The summed E-state index contributed by atoms with van der Waals surface area (Å²) in [5.41, 5.74) is 2.13. The third kappa shape index (κ3) is 6.80. The zero-order valence-corrected chi connectivity index (χ0v) is 14.1. The first-order valence-electron chi connectivity index (χ1n) is 7.73. The molecule has 0 aliphatic rings. The van der Waals surface area contributed by atoms with Crippen molar-refractivity contribution in [2.24, 2.45) is 5.41 Å². The van der Waals surface area contributed by atoms with Gasteiger partial charge in [0.2, 0.25) is 0 Å². The molecule has 1 aromatic carbocycles. The highest BCUT2D eigenvalue weighted by atomic mass is 16.3. The number of carbonyl (C=O) groups is 1. The minimum Gasteiger partial charge on any atom is -0.396 e. The van der Waals surface area contributed by atoms with E-state index in [9.17, 15) is 4.79 Å². The van der Waals surface area contributed by atoms with Gasteiger partial charge in [-0.1, -0.05) is 26.0 Å². The van der Waals surface area contributed by atoms with Crippen molar-refractivity contribution in [3.8, 4) is 0 Å². The van der Waals surface area contributed by atoms with E-state index in [0.717, 1.165) is 24.1 Å². The van der Waals surface area contributed by atoms with Crippen LogP contribution in [0.1, 0.15) is 32.3 Å². The fourth-order valence-corrected chi connectivity index (χ4v) is 2.00. The van der Waals surface area contributed by atoms with Gasteiger partial charge in [0, 0.05) is 39.5 Å². The second-order valence-corrected chi connectivity index (χ2v) is 6.60. The zero-order valence-electron chi connectivity index (χ0n) is 14.1. The number of urea groups is 1. The van der Waals surface area contributed by atoms with Crippen molar-refractivity contribution < 1.29 is 9.90 Å². The highest BCUT2D eigenvalue weighted by Crippen LogP contribution is 2.20. The van der Waals surface area contributed by atoms with Crippen LogP contribution in [0.4, 0.5) is 10.5 Å². The van der Waals surface area contributed by atoms with Crippen LogP contribution in [0.3, 0.4) is 0 Å². The summed E-state index contributed by atoms with van der Waals surface area (Å²) in [5.74, 6) is 0. The quantitative estimate of drug-likeness (QED) is 0.646. The van der Waals surface area contributed by atoms with Crippen molar-refractivity contribution in [2.75, 3.05) is 32.1 Å². The van der Waals surface area contributed by atoms with E-state index in [1.54, 1.807) is 0 Å². The molecule has 0 unspecified atom stereocenters. The lowest BCUT2D eigenvalue weighted by molar-refractivity contribution is 0.148. The highest BCUT2D eigenvalue weighted by Gasteiger charge is 2.15. The Labute approximate surface area is 133 Å². The minimum atomic E-state index is -0.154. The van der Waals surface area contributed by atoms with Gasteiger partial charge in [-0.3, -0.25) is 0 Å². The molecule has 0 aliphatic carbocycles. The number of carbonyl (C=O) groups excluding carboxylic acids is 1. The van der Waals surface area contributed by atoms with E-state index < -0.39 is 0 Å². The third-order valence-corrected chi connectivity index (χ3v) is 3.65. The van der Waals surface area contributed by atoms with E-state index in [0.29, 0.717) is 13.1 Å². The molecule has 1 aromatic rings. The van der Waals surface area contributed by atoms with E-state index in [-0.39, 0.29) is 18.1 Å². The van der Waals surface area contributed by atoms with Gasteiger partial charge >= 0.3 is 6.03 Å². The van der Waals surface area contributed by atoms with Crippen LogP contribution in [0.15, 0.2) is 24.3 Å². The second-order valence-electron chi connectivity index (χ2n) is 6.60. The molecule has 0 saturated heterocycles. The van der Waals surface area contributed by atoms with Crippen molar-refractivity contribution in [1.29, 1.82) is 0 Å². The van der Waals surface area contributed by atoms with Gasteiger partial charge < -0.3 is 20.6 Å². The van der Waals surface area contributed by atoms with Crippen LogP contribution in [0.25, 0.3) is 0 Å². The van der Waals surface area contributed by atoms with E-state index in [2.05, 4.69) is 10.6 Å². The number of aliphatic hydroxyl groups is 1. The largest absolute Gasteiger partial charge is 0.396 e. The molecule has 5 heteroatoms. The normalized spacial score (nSPS) is 11.1. The minimum absolute atomic E-state index is 0.0770.